The van der Waals surface area contributed by atoms with Crippen LogP contribution >= 0.6 is 15.9 Å². The molecule has 0 atom stereocenters. The van der Waals surface area contributed by atoms with Crippen LogP contribution in [0.5, 0.6) is 11.5 Å². The Hall–Kier alpha value is -4.56. The summed E-state index contributed by atoms with van der Waals surface area (Å²) in [4.78, 5) is 38.0. The molecular formula is C27H22BrN3O7. The van der Waals surface area contributed by atoms with Crippen LogP contribution in [-0.4, -0.2) is 36.5 Å². The number of nitrogens with one attached hydrogen (secondary N) is 1. The lowest BCUT2D eigenvalue weighted by molar-refractivity contribution is -0.123. The van der Waals surface area contributed by atoms with E-state index in [0.29, 0.717) is 33.7 Å². The Morgan fingerprint density at radius 2 is 1.92 bits per heavy atom. The first-order valence-electron chi connectivity index (χ1n) is 11.4. The predicted octanol–water partition coefficient (Wildman–Crippen LogP) is 4.77. The van der Waals surface area contributed by atoms with Gasteiger partial charge in [-0.3, -0.25) is 9.69 Å². The molecule has 1 fully saturated rings. The van der Waals surface area contributed by atoms with Crippen molar-refractivity contribution in [3.8, 4) is 17.6 Å². The molecule has 0 radical (unpaired) electrons. The van der Waals surface area contributed by atoms with Gasteiger partial charge >= 0.3 is 12.0 Å². The smallest absolute Gasteiger partial charge is 0.373 e. The number of hydrogen-bond donors (Lipinski definition) is 1. The number of carbonyl (C=O) groups excluding carboxylic acids is 3. The molecule has 10 nitrogen and oxygen atoms in total. The summed E-state index contributed by atoms with van der Waals surface area (Å²) in [6.07, 6.45) is 1.52. The SMILES string of the molecule is CCOc1cc(/C=C2\NC(=O)N(Cc3ccc(C(=O)OC)o3)C2=O)c(Br)cc1OCc1ccccc1C#N. The van der Waals surface area contributed by atoms with Crippen LogP contribution in [0.3, 0.4) is 0 Å². The number of furan rings is 1. The molecule has 1 aromatic heterocycles. The number of imide groups is 1. The van der Waals surface area contributed by atoms with Crippen molar-refractivity contribution in [3.05, 3.63) is 86.9 Å². The molecule has 0 bridgehead atoms. The molecule has 194 valence electrons. The van der Waals surface area contributed by atoms with Crippen LogP contribution in [0.1, 0.15) is 39.9 Å². The zero-order valence-electron chi connectivity index (χ0n) is 20.4. The standard InChI is InChI=1S/C27H22BrN3O7/c1-3-36-23-11-18(20(28)12-24(23)37-15-17-7-5-4-6-16(17)13-29)10-21-25(32)31(27(34)30-21)14-19-8-9-22(38-19)26(33)35-2/h4-12H,3,14-15H2,1-2H3,(H,30,34)/b21-10-. The summed E-state index contributed by atoms with van der Waals surface area (Å²) in [5.74, 6) is -0.145. The van der Waals surface area contributed by atoms with Gasteiger partial charge in [0.25, 0.3) is 5.91 Å². The molecule has 38 heavy (non-hydrogen) atoms. The van der Waals surface area contributed by atoms with Gasteiger partial charge in [0.2, 0.25) is 5.76 Å². The zero-order chi connectivity index (χ0) is 27.2. The third-order valence-corrected chi connectivity index (χ3v) is 6.19. The van der Waals surface area contributed by atoms with Gasteiger partial charge in [0.05, 0.1) is 31.9 Å². The quantitative estimate of drug-likeness (QED) is 0.218. The largest absolute Gasteiger partial charge is 0.490 e. The van der Waals surface area contributed by atoms with E-state index in [2.05, 4.69) is 32.1 Å². The molecule has 0 unspecified atom stereocenters. The zero-order valence-corrected chi connectivity index (χ0v) is 22.0. The fourth-order valence-corrected chi connectivity index (χ4v) is 4.09. The molecule has 0 aliphatic carbocycles. The number of ether oxygens (including phenoxy) is 3. The molecule has 4 rings (SSSR count). The van der Waals surface area contributed by atoms with Crippen molar-refractivity contribution >= 4 is 39.9 Å². The molecule has 1 aliphatic rings. The highest BCUT2D eigenvalue weighted by atomic mass is 79.9. The van der Waals surface area contributed by atoms with Crippen molar-refractivity contribution in [2.24, 2.45) is 0 Å². The van der Waals surface area contributed by atoms with Crippen LogP contribution in [-0.2, 0) is 22.7 Å². The molecule has 11 heteroatoms. The Kier molecular flexibility index (Phi) is 8.13. The van der Waals surface area contributed by atoms with E-state index in [1.807, 2.05) is 19.1 Å². The maximum atomic E-state index is 13.0. The molecule has 3 amide bonds. The first-order chi connectivity index (χ1) is 18.3. The third kappa shape index (κ3) is 5.71. The highest BCUT2D eigenvalue weighted by Crippen LogP contribution is 2.36. The second-order valence-corrected chi connectivity index (χ2v) is 8.80. The number of nitriles is 1. The van der Waals surface area contributed by atoms with Gasteiger partial charge in [0.15, 0.2) is 11.5 Å². The molecule has 0 saturated carbocycles. The van der Waals surface area contributed by atoms with E-state index in [-0.39, 0.29) is 30.4 Å². The van der Waals surface area contributed by atoms with E-state index >= 15 is 0 Å². The first kappa shape index (κ1) is 26.5. The lowest BCUT2D eigenvalue weighted by Gasteiger charge is -2.15. The van der Waals surface area contributed by atoms with Gasteiger partial charge in [-0.15, -0.1) is 0 Å². The fourth-order valence-electron chi connectivity index (χ4n) is 3.65. The van der Waals surface area contributed by atoms with Gasteiger partial charge in [-0.1, -0.05) is 34.1 Å². The number of nitrogens with zero attached hydrogens (tertiary/aromatic N) is 2. The van der Waals surface area contributed by atoms with E-state index < -0.39 is 17.9 Å². The second-order valence-electron chi connectivity index (χ2n) is 7.95. The predicted molar refractivity (Wildman–Crippen MR) is 138 cm³/mol. The summed E-state index contributed by atoms with van der Waals surface area (Å²) in [5, 5.41) is 11.9. The summed E-state index contributed by atoms with van der Waals surface area (Å²) >= 11 is 3.49. The number of rotatable bonds is 9. The van der Waals surface area contributed by atoms with Gasteiger partial charge in [-0.25, -0.2) is 9.59 Å². The highest BCUT2D eigenvalue weighted by Gasteiger charge is 2.34. The Morgan fingerprint density at radius 3 is 2.66 bits per heavy atom. The Balaban J connectivity index is 1.54. The van der Waals surface area contributed by atoms with Crippen molar-refractivity contribution in [3.63, 3.8) is 0 Å². The van der Waals surface area contributed by atoms with Gasteiger partial charge in [0, 0.05) is 10.0 Å². The topological polar surface area (TPSA) is 131 Å². The van der Waals surface area contributed by atoms with E-state index in [4.69, 9.17) is 13.9 Å². The van der Waals surface area contributed by atoms with E-state index in [9.17, 15) is 19.6 Å². The lowest BCUT2D eigenvalue weighted by atomic mass is 10.1. The number of halogens is 1. The Morgan fingerprint density at radius 1 is 1.16 bits per heavy atom. The number of urea groups is 1. The lowest BCUT2D eigenvalue weighted by Crippen LogP contribution is -2.30. The molecular weight excluding hydrogens is 558 g/mol. The minimum absolute atomic E-state index is 0.0314. The average molecular weight is 580 g/mol. The molecule has 2 heterocycles. The fraction of sp³-hybridized carbons (Fsp3) is 0.185. The van der Waals surface area contributed by atoms with Crippen molar-refractivity contribution in [1.29, 1.82) is 5.26 Å². The number of amides is 3. The minimum atomic E-state index is -0.661. The summed E-state index contributed by atoms with van der Waals surface area (Å²) in [6.45, 7) is 2.18. The first-order valence-corrected chi connectivity index (χ1v) is 12.2. The maximum Gasteiger partial charge on any atom is 0.373 e. The Labute approximate surface area is 226 Å². The monoisotopic (exact) mass is 579 g/mol. The summed E-state index contributed by atoms with van der Waals surface area (Å²) in [6, 6.07) is 14.9. The van der Waals surface area contributed by atoms with Crippen LogP contribution in [0, 0.1) is 11.3 Å². The average Bonchev–Trinajstić information content (AvgIpc) is 3.49. The summed E-state index contributed by atoms with van der Waals surface area (Å²) in [7, 11) is 1.22. The van der Waals surface area contributed by atoms with Crippen molar-refractivity contribution in [2.75, 3.05) is 13.7 Å². The maximum absolute atomic E-state index is 13.0. The number of esters is 1. The van der Waals surface area contributed by atoms with Gasteiger partial charge in [0.1, 0.15) is 18.1 Å². The molecule has 1 saturated heterocycles. The Bertz CT molecular complexity index is 1470. The van der Waals surface area contributed by atoms with E-state index in [1.54, 1.807) is 24.3 Å². The van der Waals surface area contributed by atoms with Gasteiger partial charge in [-0.2, -0.15) is 5.26 Å². The van der Waals surface area contributed by atoms with E-state index in [1.165, 1.54) is 25.3 Å². The number of benzene rings is 2. The molecule has 2 aromatic carbocycles. The molecule has 0 spiro atoms. The molecule has 3 aromatic rings. The van der Waals surface area contributed by atoms with E-state index in [0.717, 1.165) is 10.5 Å². The van der Waals surface area contributed by atoms with Crippen molar-refractivity contribution in [1.82, 2.24) is 10.2 Å². The van der Waals surface area contributed by atoms with Crippen LogP contribution in [0.4, 0.5) is 4.79 Å². The van der Waals surface area contributed by atoms with Crippen LogP contribution < -0.4 is 14.8 Å². The van der Waals surface area contributed by atoms with Crippen molar-refractivity contribution in [2.45, 2.75) is 20.1 Å². The summed E-state index contributed by atoms with van der Waals surface area (Å²) < 4.78 is 22.3. The highest BCUT2D eigenvalue weighted by molar-refractivity contribution is 9.10. The third-order valence-electron chi connectivity index (χ3n) is 5.51. The second kappa shape index (κ2) is 11.7. The summed E-state index contributed by atoms with van der Waals surface area (Å²) in [5.41, 5.74) is 1.86. The van der Waals surface area contributed by atoms with Crippen LogP contribution in [0.15, 0.2) is 63.1 Å². The normalized spacial score (nSPS) is 13.8. The number of hydrogen-bond acceptors (Lipinski definition) is 8. The number of methoxy groups -OCH3 is 1. The molecule has 1 N–H and O–H groups in total. The molecule has 1 aliphatic heterocycles. The van der Waals surface area contributed by atoms with Gasteiger partial charge in [-0.05, 0) is 48.9 Å². The van der Waals surface area contributed by atoms with Crippen LogP contribution in [0.2, 0.25) is 0 Å². The van der Waals surface area contributed by atoms with Crippen molar-refractivity contribution < 1.29 is 33.0 Å². The minimum Gasteiger partial charge on any atom is -0.490 e. The number of carbonyl (C=O) groups is 3. The van der Waals surface area contributed by atoms with Gasteiger partial charge < -0.3 is 23.9 Å². The van der Waals surface area contributed by atoms with Crippen LogP contribution in [0.25, 0.3) is 6.08 Å².